The minimum Gasteiger partial charge on any atom is -0.481 e. The summed E-state index contributed by atoms with van der Waals surface area (Å²) in [5, 5.41) is 8.69. The van der Waals surface area contributed by atoms with Crippen LogP contribution in [0.2, 0.25) is 5.02 Å². The van der Waals surface area contributed by atoms with Crippen LogP contribution in [-0.2, 0) is 36.1 Å². The predicted molar refractivity (Wildman–Crippen MR) is 133 cm³/mol. The Morgan fingerprint density at radius 3 is 1.74 bits per heavy atom. The van der Waals surface area contributed by atoms with E-state index in [0.717, 1.165) is 6.26 Å². The summed E-state index contributed by atoms with van der Waals surface area (Å²) in [5.74, 6) is -1.88. The molecule has 0 aromatic heterocycles. The van der Waals surface area contributed by atoms with Crippen molar-refractivity contribution >= 4 is 43.4 Å². The molecule has 2 fully saturated rings. The second-order valence-electron chi connectivity index (χ2n) is 8.60. The summed E-state index contributed by atoms with van der Waals surface area (Å²) in [6, 6.07) is 4.34. The first-order chi connectivity index (χ1) is 15.7. The van der Waals surface area contributed by atoms with Crippen LogP contribution >= 0.6 is 11.6 Å². The molecule has 9 nitrogen and oxygen atoms in total. The number of rotatable bonds is 6. The van der Waals surface area contributed by atoms with E-state index in [9.17, 15) is 30.8 Å². The maximum Gasteiger partial charge on any atom is 0.306 e. The van der Waals surface area contributed by atoms with Gasteiger partial charge >= 0.3 is 5.97 Å². The Morgan fingerprint density at radius 2 is 1.37 bits per heavy atom. The van der Waals surface area contributed by atoms with E-state index in [4.69, 9.17) is 16.7 Å². The van der Waals surface area contributed by atoms with Crippen LogP contribution in [0.1, 0.15) is 38.7 Å². The molecule has 3 rings (SSSR count). The summed E-state index contributed by atoms with van der Waals surface area (Å²) in [4.78, 5) is 22.7. The van der Waals surface area contributed by atoms with E-state index >= 15 is 0 Å². The number of carbonyl (C=O) groups is 2. The number of piperidine rings is 2. The predicted octanol–water partition coefficient (Wildman–Crippen LogP) is 2.64. The molecule has 2 aliphatic heterocycles. The Hall–Kier alpha value is -1.60. The highest BCUT2D eigenvalue weighted by Crippen LogP contribution is 2.23. The monoisotopic (exact) mass is 556 g/mol. The van der Waals surface area contributed by atoms with Crippen molar-refractivity contribution in [2.75, 3.05) is 38.7 Å². The van der Waals surface area contributed by atoms with Crippen LogP contribution in [0.5, 0.6) is 0 Å². The summed E-state index contributed by atoms with van der Waals surface area (Å²) in [5.41, 5.74) is 0.590. The van der Waals surface area contributed by atoms with Crippen molar-refractivity contribution in [3.63, 3.8) is 0 Å². The second-order valence-corrected chi connectivity index (χ2v) is 13.0. The molecule has 35 heavy (non-hydrogen) atoms. The number of carboxylic acid groups (broad SMARTS) is 1. The minimum atomic E-state index is -3.19. The molecular weight excluding hydrogens is 523 g/mol. The molecule has 0 unspecified atom stereocenters. The first-order valence-electron chi connectivity index (χ1n) is 10.8. The first-order valence-corrected chi connectivity index (χ1v) is 14.9. The summed E-state index contributed by atoms with van der Waals surface area (Å²) in [6.45, 7) is 1.39. The molecule has 1 aromatic carbocycles. The molecule has 0 atom stereocenters. The molecule has 200 valence electrons. The standard InChI is InChI=1S/C14H17ClFNO3S.C7H13NO4S.CH4/c1-21(19,20)17-6-4-11(5-7-17)14(18)9-10-2-3-12(15)13(16)8-10;1-13(11,12)8-4-2-6(3-5-8)7(9)10;/h2-3,8,11H,4-7,9H2,1H3;6H,2-5H2,1H3,(H,9,10);1H4. The van der Waals surface area contributed by atoms with Gasteiger partial charge in [-0.05, 0) is 43.4 Å². The summed E-state index contributed by atoms with van der Waals surface area (Å²) in [6.07, 6.45) is 4.34. The Kier molecular flexibility index (Phi) is 11.8. The third kappa shape index (κ3) is 9.76. The average molecular weight is 557 g/mol. The van der Waals surface area contributed by atoms with E-state index < -0.39 is 31.8 Å². The van der Waals surface area contributed by atoms with Crippen molar-refractivity contribution in [1.29, 1.82) is 0 Å². The molecule has 0 spiro atoms. The van der Waals surface area contributed by atoms with Gasteiger partial charge in [0.05, 0.1) is 23.5 Å². The fraction of sp³-hybridized carbons (Fsp3) is 0.636. The molecule has 0 bridgehead atoms. The highest BCUT2D eigenvalue weighted by molar-refractivity contribution is 7.88. The molecular formula is C22H34ClFN2O7S2. The van der Waals surface area contributed by atoms with E-state index in [1.165, 1.54) is 27.0 Å². The quantitative estimate of drug-likeness (QED) is 0.570. The van der Waals surface area contributed by atoms with Gasteiger partial charge in [0.15, 0.2) is 0 Å². The van der Waals surface area contributed by atoms with Gasteiger partial charge in [0.1, 0.15) is 11.6 Å². The number of hydrogen-bond donors (Lipinski definition) is 1. The Morgan fingerprint density at radius 1 is 0.943 bits per heavy atom. The number of ketones is 1. The van der Waals surface area contributed by atoms with Gasteiger partial charge in [-0.25, -0.2) is 29.8 Å². The normalized spacial score (nSPS) is 18.7. The molecule has 1 aromatic rings. The Labute approximate surface area is 212 Å². The third-order valence-electron chi connectivity index (χ3n) is 6.01. The van der Waals surface area contributed by atoms with Crippen molar-refractivity contribution < 1.29 is 35.9 Å². The van der Waals surface area contributed by atoms with Crippen LogP contribution in [0.4, 0.5) is 4.39 Å². The van der Waals surface area contributed by atoms with Crippen molar-refractivity contribution in [2.45, 2.75) is 39.5 Å². The van der Waals surface area contributed by atoms with Crippen molar-refractivity contribution in [3.05, 3.63) is 34.6 Å². The molecule has 13 heteroatoms. The van der Waals surface area contributed by atoms with Gasteiger partial charge in [-0.1, -0.05) is 25.1 Å². The zero-order valence-electron chi connectivity index (χ0n) is 19.1. The van der Waals surface area contributed by atoms with Gasteiger partial charge in [-0.3, -0.25) is 9.59 Å². The van der Waals surface area contributed by atoms with Crippen LogP contribution in [0, 0.1) is 17.7 Å². The smallest absolute Gasteiger partial charge is 0.306 e. The number of aliphatic carboxylic acids is 1. The van der Waals surface area contributed by atoms with Gasteiger partial charge < -0.3 is 5.11 Å². The lowest BCUT2D eigenvalue weighted by atomic mass is 9.90. The van der Waals surface area contributed by atoms with Gasteiger partial charge in [0.2, 0.25) is 20.0 Å². The zero-order valence-corrected chi connectivity index (χ0v) is 21.5. The van der Waals surface area contributed by atoms with E-state index in [1.54, 1.807) is 6.07 Å². The largest absolute Gasteiger partial charge is 0.481 e. The van der Waals surface area contributed by atoms with Gasteiger partial charge in [0.25, 0.3) is 0 Å². The van der Waals surface area contributed by atoms with E-state index in [0.29, 0.717) is 57.4 Å². The molecule has 0 radical (unpaired) electrons. The van der Waals surface area contributed by atoms with Crippen LogP contribution in [0.15, 0.2) is 18.2 Å². The highest BCUT2D eigenvalue weighted by atomic mass is 35.5. The Bertz CT molecular complexity index is 1100. The van der Waals surface area contributed by atoms with Gasteiger partial charge in [-0.2, -0.15) is 0 Å². The van der Waals surface area contributed by atoms with Crippen molar-refractivity contribution in [2.24, 2.45) is 11.8 Å². The number of halogens is 2. The minimum absolute atomic E-state index is 0. The summed E-state index contributed by atoms with van der Waals surface area (Å²) in [7, 11) is -6.32. The molecule has 0 amide bonds. The molecule has 2 heterocycles. The number of nitrogens with zero attached hydrogens (tertiary/aromatic N) is 2. The second kappa shape index (κ2) is 13.1. The molecule has 1 N–H and O–H groups in total. The van der Waals surface area contributed by atoms with Crippen LogP contribution in [-0.4, -0.2) is 81.0 Å². The number of hydrogen-bond acceptors (Lipinski definition) is 6. The summed E-state index contributed by atoms with van der Waals surface area (Å²) >= 11 is 5.60. The average Bonchev–Trinajstić information content (AvgIpc) is 2.76. The number of benzene rings is 1. The molecule has 0 saturated carbocycles. The lowest BCUT2D eigenvalue weighted by Gasteiger charge is -2.29. The topological polar surface area (TPSA) is 129 Å². The number of carboxylic acids is 1. The van der Waals surface area contributed by atoms with Crippen LogP contribution < -0.4 is 0 Å². The summed E-state index contributed by atoms with van der Waals surface area (Å²) < 4.78 is 61.0. The fourth-order valence-electron chi connectivity index (χ4n) is 3.94. The van der Waals surface area contributed by atoms with Crippen LogP contribution in [0.25, 0.3) is 0 Å². The maximum atomic E-state index is 13.3. The third-order valence-corrected chi connectivity index (χ3v) is 8.93. The van der Waals surface area contributed by atoms with Gasteiger partial charge in [-0.15, -0.1) is 0 Å². The number of Topliss-reactive ketones (excluding diaryl/α,β-unsaturated/α-hetero) is 1. The molecule has 0 aliphatic carbocycles. The van der Waals surface area contributed by atoms with Crippen LogP contribution in [0.3, 0.4) is 0 Å². The van der Waals surface area contributed by atoms with E-state index in [-0.39, 0.29) is 36.5 Å². The maximum absolute atomic E-state index is 13.3. The zero-order chi connectivity index (χ0) is 25.7. The number of sulfonamides is 2. The number of carbonyl (C=O) groups excluding carboxylic acids is 1. The Balaban J connectivity index is 0.000000378. The lowest BCUT2D eigenvalue weighted by Crippen LogP contribution is -2.39. The van der Waals surface area contributed by atoms with E-state index in [2.05, 4.69) is 0 Å². The molecule has 2 aliphatic rings. The SMILES string of the molecule is C.CS(=O)(=O)N1CCC(C(=O)Cc2ccc(Cl)c(F)c2)CC1.CS(=O)(=O)N1CCC(C(=O)O)CC1. The molecule has 2 saturated heterocycles. The highest BCUT2D eigenvalue weighted by Gasteiger charge is 2.29. The van der Waals surface area contributed by atoms with E-state index in [1.807, 2.05) is 0 Å². The van der Waals surface area contributed by atoms with Crippen molar-refractivity contribution in [1.82, 2.24) is 8.61 Å². The first kappa shape index (κ1) is 31.4. The van der Waals surface area contributed by atoms with Crippen molar-refractivity contribution in [3.8, 4) is 0 Å². The fourth-order valence-corrected chi connectivity index (χ4v) is 5.80. The lowest BCUT2D eigenvalue weighted by molar-refractivity contribution is -0.143. The van der Waals surface area contributed by atoms with Gasteiger partial charge in [0, 0.05) is 38.5 Å².